The zero-order valence-electron chi connectivity index (χ0n) is 34.9. The van der Waals surface area contributed by atoms with Crippen LogP contribution in [0.4, 0.5) is 9.59 Å². The molecule has 17 nitrogen and oxygen atoms in total. The van der Waals surface area contributed by atoms with E-state index in [-0.39, 0.29) is 35.7 Å². The number of alkyl carbamates (subject to hydrolysis) is 2. The number of aromatic nitrogens is 4. The fourth-order valence-electron chi connectivity index (χ4n) is 9.60. The molecule has 2 aromatic carbocycles. The molecule has 4 N–H and O–H groups in total. The van der Waals surface area contributed by atoms with Crippen LogP contribution in [0.25, 0.3) is 33.6 Å². The van der Waals surface area contributed by atoms with E-state index in [9.17, 15) is 19.2 Å². The fraction of sp³-hybridized carbons (Fsp3) is 0.500. The van der Waals surface area contributed by atoms with Crippen molar-refractivity contribution in [3.8, 4) is 45.1 Å². The van der Waals surface area contributed by atoms with Gasteiger partial charge in [-0.2, -0.15) is 0 Å². The van der Waals surface area contributed by atoms with Gasteiger partial charge in [0.2, 0.25) is 11.8 Å². The Morgan fingerprint density at radius 1 is 0.721 bits per heavy atom. The molecule has 322 valence electrons. The van der Waals surface area contributed by atoms with Crippen molar-refractivity contribution in [2.45, 2.75) is 89.8 Å². The number of H-pyrrole nitrogens is 2. The number of aromatic amines is 2. The van der Waals surface area contributed by atoms with E-state index >= 15 is 0 Å². The Balaban J connectivity index is 0.933. The summed E-state index contributed by atoms with van der Waals surface area (Å²) in [4.78, 5) is 72.3. The third kappa shape index (κ3) is 7.63. The summed E-state index contributed by atoms with van der Waals surface area (Å²) in [6, 6.07) is 6.32. The number of hydrogen-bond acceptors (Lipinski definition) is 11. The number of amides is 4. The number of nitrogens with zero attached hydrogens (tertiary/aromatic N) is 4. The second-order valence-electron chi connectivity index (χ2n) is 16.8. The molecule has 0 radical (unpaired) electrons. The largest absolute Gasteiger partial charge is 0.488 e. The Hall–Kier alpha value is -6.10. The predicted molar refractivity (Wildman–Crippen MR) is 220 cm³/mol. The van der Waals surface area contributed by atoms with Crippen molar-refractivity contribution < 1.29 is 42.9 Å². The fourth-order valence-corrected chi connectivity index (χ4v) is 9.60. The lowest BCUT2D eigenvalue weighted by atomic mass is 9.87. The molecule has 0 aliphatic carbocycles. The van der Waals surface area contributed by atoms with Gasteiger partial charge in [0.25, 0.3) is 0 Å². The van der Waals surface area contributed by atoms with E-state index < -0.39 is 24.3 Å². The summed E-state index contributed by atoms with van der Waals surface area (Å²) in [6.45, 7) is 6.70. The third-order valence-electron chi connectivity index (χ3n) is 12.8. The maximum absolute atomic E-state index is 14.1. The lowest BCUT2D eigenvalue weighted by Crippen LogP contribution is -2.53. The minimum absolute atomic E-state index is 0.0477. The normalized spacial score (nSPS) is 20.3. The Bertz CT molecular complexity index is 2280. The number of carbonyl (C=O) groups excluding carboxylic acids is 4. The van der Waals surface area contributed by atoms with Crippen LogP contribution in [-0.4, -0.2) is 106 Å². The van der Waals surface area contributed by atoms with Gasteiger partial charge in [-0.1, -0.05) is 13.8 Å². The predicted octanol–water partition coefficient (Wildman–Crippen LogP) is 5.78. The summed E-state index contributed by atoms with van der Waals surface area (Å²) >= 11 is 0. The number of hydrogen-bond donors (Lipinski definition) is 4. The number of ether oxygens (including phenoxy) is 5. The first-order chi connectivity index (χ1) is 29.6. The van der Waals surface area contributed by atoms with Crippen molar-refractivity contribution in [1.82, 2.24) is 40.4 Å². The Morgan fingerprint density at radius 3 is 1.74 bits per heavy atom. The summed E-state index contributed by atoms with van der Waals surface area (Å²) < 4.78 is 28.1. The van der Waals surface area contributed by atoms with Crippen molar-refractivity contribution in [2.75, 3.05) is 40.5 Å². The van der Waals surface area contributed by atoms with E-state index in [0.717, 1.165) is 82.0 Å². The molecule has 17 heteroatoms. The molecule has 5 aliphatic heterocycles. The van der Waals surface area contributed by atoms with Crippen molar-refractivity contribution in [3.63, 3.8) is 0 Å². The van der Waals surface area contributed by atoms with Crippen LogP contribution in [0.1, 0.15) is 87.2 Å². The van der Waals surface area contributed by atoms with Gasteiger partial charge in [-0.05, 0) is 74.6 Å². The van der Waals surface area contributed by atoms with E-state index in [1.807, 2.05) is 30.9 Å². The van der Waals surface area contributed by atoms with Gasteiger partial charge in [-0.15, -0.1) is 0 Å². The quantitative estimate of drug-likeness (QED) is 0.151. The standard InChI is InChI=1S/C44H52N8O9/c1-23(2)37(49-43(55)57-3)41(53)51-11-5-7-31(51)39-45-19-29(47-39)25-15-27-21-61-34-18-26(16-28-22-60-33(17-25)35(27)36(28)34)30-20-46-40(48-30)32-8-6-12-52(32)42(54)38(50-44(56)58-4)24-9-13-59-14-10-24/h15-20,23-24,31-32,37-38H,5-14,21-22H2,1-4H3,(H,45,47)(H,46,48)(H,49,55)(H,50,56). The monoisotopic (exact) mass is 836 g/mol. The van der Waals surface area contributed by atoms with Gasteiger partial charge in [0.15, 0.2) is 0 Å². The topological polar surface area (TPSA) is 202 Å². The molecule has 7 heterocycles. The highest BCUT2D eigenvalue weighted by molar-refractivity contribution is 5.89. The lowest BCUT2D eigenvalue weighted by Gasteiger charge is -2.34. The minimum Gasteiger partial charge on any atom is -0.488 e. The average Bonchev–Trinajstić information content (AvgIpc) is 4.13. The van der Waals surface area contributed by atoms with E-state index in [4.69, 9.17) is 33.7 Å². The number of benzene rings is 2. The summed E-state index contributed by atoms with van der Waals surface area (Å²) in [7, 11) is 2.59. The number of imidazole rings is 2. The smallest absolute Gasteiger partial charge is 0.407 e. The number of likely N-dealkylation sites (tertiary alicyclic amines) is 2. The van der Waals surface area contributed by atoms with Crippen LogP contribution in [-0.2, 0) is 37.0 Å². The summed E-state index contributed by atoms with van der Waals surface area (Å²) in [5.41, 5.74) is 7.39. The Kier molecular flexibility index (Phi) is 11.1. The molecule has 5 aliphatic rings. The molecule has 2 aromatic heterocycles. The van der Waals surface area contributed by atoms with Gasteiger partial charge >= 0.3 is 12.2 Å². The first-order valence-corrected chi connectivity index (χ1v) is 21.2. The molecule has 4 aromatic rings. The zero-order valence-corrected chi connectivity index (χ0v) is 34.9. The van der Waals surface area contributed by atoms with Crippen molar-refractivity contribution in [1.29, 1.82) is 0 Å². The van der Waals surface area contributed by atoms with Gasteiger partial charge in [0, 0.05) is 59.7 Å². The van der Waals surface area contributed by atoms with E-state index in [0.29, 0.717) is 64.0 Å². The SMILES string of the molecule is COC(=O)NC(C(=O)N1CCCC1c1ncc(-c2cc3c4c(c2)OCc2cc(-c5cnc(C6CCCN6C(=O)C(NC(=O)OC)C6CCOCC6)[nH]5)cc(c2-4)OC3)[nH]1)C(C)C. The van der Waals surface area contributed by atoms with Crippen molar-refractivity contribution in [3.05, 3.63) is 59.4 Å². The zero-order chi connectivity index (χ0) is 42.4. The van der Waals surface area contributed by atoms with E-state index in [1.54, 1.807) is 17.3 Å². The maximum Gasteiger partial charge on any atom is 0.407 e. The first-order valence-electron chi connectivity index (χ1n) is 21.2. The van der Waals surface area contributed by atoms with Crippen LogP contribution >= 0.6 is 0 Å². The Morgan fingerprint density at radius 2 is 1.23 bits per heavy atom. The summed E-state index contributed by atoms with van der Waals surface area (Å²) in [5.74, 6) is 2.43. The summed E-state index contributed by atoms with van der Waals surface area (Å²) in [6.07, 6.45) is 6.83. The molecular weight excluding hydrogens is 785 g/mol. The van der Waals surface area contributed by atoms with Crippen LogP contribution < -0.4 is 20.1 Å². The molecular formula is C44H52N8O9. The molecule has 0 bridgehead atoms. The molecule has 4 amide bonds. The number of nitrogens with one attached hydrogen (secondary N) is 4. The lowest BCUT2D eigenvalue weighted by molar-refractivity contribution is -0.137. The molecule has 0 spiro atoms. The van der Waals surface area contributed by atoms with Crippen LogP contribution in [0.2, 0.25) is 0 Å². The van der Waals surface area contributed by atoms with Gasteiger partial charge < -0.3 is 54.1 Å². The number of methoxy groups -OCH3 is 2. The van der Waals surface area contributed by atoms with Crippen LogP contribution in [0.15, 0.2) is 36.7 Å². The van der Waals surface area contributed by atoms with Crippen LogP contribution in [0.5, 0.6) is 11.5 Å². The molecule has 4 atom stereocenters. The van der Waals surface area contributed by atoms with Crippen LogP contribution in [0, 0.1) is 11.8 Å². The van der Waals surface area contributed by atoms with Crippen molar-refractivity contribution >= 4 is 24.0 Å². The molecule has 61 heavy (non-hydrogen) atoms. The molecule has 9 rings (SSSR count). The van der Waals surface area contributed by atoms with Crippen molar-refractivity contribution in [2.24, 2.45) is 11.8 Å². The number of rotatable bonds is 10. The van der Waals surface area contributed by atoms with Gasteiger partial charge in [-0.25, -0.2) is 19.6 Å². The highest BCUT2D eigenvalue weighted by Gasteiger charge is 2.41. The number of carbonyl (C=O) groups is 4. The molecule has 3 fully saturated rings. The third-order valence-corrected chi connectivity index (χ3v) is 12.8. The molecule has 0 saturated carbocycles. The molecule has 3 saturated heterocycles. The van der Waals surface area contributed by atoms with E-state index in [2.05, 4.69) is 32.7 Å². The highest BCUT2D eigenvalue weighted by Crippen LogP contribution is 2.51. The average molecular weight is 837 g/mol. The van der Waals surface area contributed by atoms with Crippen LogP contribution in [0.3, 0.4) is 0 Å². The minimum atomic E-state index is -0.714. The second kappa shape index (κ2) is 16.7. The highest BCUT2D eigenvalue weighted by atomic mass is 16.5. The first kappa shape index (κ1) is 40.3. The second-order valence-corrected chi connectivity index (χ2v) is 16.8. The van der Waals surface area contributed by atoms with E-state index in [1.165, 1.54) is 14.2 Å². The van der Waals surface area contributed by atoms with Gasteiger partial charge in [0.05, 0.1) is 50.1 Å². The van der Waals surface area contributed by atoms with Gasteiger partial charge in [0.1, 0.15) is 48.4 Å². The Labute approximate surface area is 353 Å². The summed E-state index contributed by atoms with van der Waals surface area (Å²) in [5, 5.41) is 5.52. The van der Waals surface area contributed by atoms with Gasteiger partial charge in [-0.3, -0.25) is 9.59 Å². The molecule has 4 unspecified atom stereocenters. The maximum atomic E-state index is 14.1.